The van der Waals surface area contributed by atoms with Crippen molar-refractivity contribution in [3.05, 3.63) is 65.7 Å². The monoisotopic (exact) mass is 390 g/mol. The number of benzene rings is 2. The highest BCUT2D eigenvalue weighted by molar-refractivity contribution is 7.92. The summed E-state index contributed by atoms with van der Waals surface area (Å²) < 4.78 is 30.3. The van der Waals surface area contributed by atoms with Gasteiger partial charge in [-0.3, -0.25) is 9.52 Å². The zero-order valence-corrected chi connectivity index (χ0v) is 15.7. The van der Waals surface area contributed by atoms with E-state index in [0.29, 0.717) is 17.8 Å². The number of carbonyl (C=O) groups excluding carboxylic acids is 1. The van der Waals surface area contributed by atoms with E-state index in [9.17, 15) is 18.3 Å². The average molecular weight is 390 g/mol. The van der Waals surface area contributed by atoms with Crippen molar-refractivity contribution in [2.24, 2.45) is 0 Å². The van der Waals surface area contributed by atoms with Crippen LogP contribution in [0.4, 0.5) is 5.69 Å². The molecule has 1 fully saturated rings. The predicted molar refractivity (Wildman–Crippen MR) is 101 cm³/mol. The van der Waals surface area contributed by atoms with E-state index in [0.717, 1.165) is 11.8 Å². The lowest BCUT2D eigenvalue weighted by molar-refractivity contribution is -0.155. The normalized spacial score (nSPS) is 19.0. The Morgan fingerprint density at radius 1 is 1.19 bits per heavy atom. The van der Waals surface area contributed by atoms with E-state index in [2.05, 4.69) is 4.72 Å². The minimum absolute atomic E-state index is 0.00668. The lowest BCUT2D eigenvalue weighted by Gasteiger charge is -2.38. The SMILES string of the molecule is CS(=O)(=O)Nc1ccc([C@@H](O)[C@H]2COCC(=O)N2Cc2ccccc2)cc1. The first kappa shape index (κ1) is 19.3. The molecule has 1 aliphatic rings. The van der Waals surface area contributed by atoms with Crippen molar-refractivity contribution in [3.8, 4) is 0 Å². The molecule has 2 aromatic rings. The molecule has 1 aliphatic heterocycles. The van der Waals surface area contributed by atoms with E-state index < -0.39 is 22.2 Å². The maximum absolute atomic E-state index is 12.4. The van der Waals surface area contributed by atoms with E-state index in [4.69, 9.17) is 4.74 Å². The van der Waals surface area contributed by atoms with Gasteiger partial charge in [-0.25, -0.2) is 8.42 Å². The Labute approximate surface area is 158 Å². The largest absolute Gasteiger partial charge is 0.386 e. The topological polar surface area (TPSA) is 95.9 Å². The molecule has 27 heavy (non-hydrogen) atoms. The summed E-state index contributed by atoms with van der Waals surface area (Å²) >= 11 is 0. The summed E-state index contributed by atoms with van der Waals surface area (Å²) in [6, 6.07) is 15.5. The predicted octanol–water partition coefficient (Wildman–Crippen LogP) is 1.52. The Hall–Kier alpha value is -2.42. The van der Waals surface area contributed by atoms with Gasteiger partial charge in [0.1, 0.15) is 12.7 Å². The number of carbonyl (C=O) groups is 1. The molecule has 3 rings (SSSR count). The average Bonchev–Trinajstić information content (AvgIpc) is 2.63. The van der Waals surface area contributed by atoms with Crippen molar-refractivity contribution in [1.82, 2.24) is 4.90 Å². The van der Waals surface area contributed by atoms with Crippen molar-refractivity contribution >= 4 is 21.6 Å². The molecule has 0 bridgehead atoms. The number of ether oxygens (including phenoxy) is 1. The van der Waals surface area contributed by atoms with Crippen LogP contribution in [0.5, 0.6) is 0 Å². The molecule has 2 N–H and O–H groups in total. The Kier molecular flexibility index (Phi) is 5.79. The fraction of sp³-hybridized carbons (Fsp3) is 0.316. The number of nitrogens with zero attached hydrogens (tertiary/aromatic N) is 1. The molecule has 1 saturated heterocycles. The molecule has 0 radical (unpaired) electrons. The molecule has 7 nitrogen and oxygen atoms in total. The third kappa shape index (κ3) is 5.06. The summed E-state index contributed by atoms with van der Waals surface area (Å²) in [5.74, 6) is -0.176. The molecule has 0 saturated carbocycles. The minimum Gasteiger partial charge on any atom is -0.386 e. The quantitative estimate of drug-likeness (QED) is 0.780. The second kappa shape index (κ2) is 8.08. The third-order valence-electron chi connectivity index (χ3n) is 4.35. The van der Waals surface area contributed by atoms with E-state index in [1.165, 1.54) is 0 Å². The molecule has 0 unspecified atom stereocenters. The van der Waals surface area contributed by atoms with Crippen LogP contribution in [-0.2, 0) is 26.1 Å². The second-order valence-corrected chi connectivity index (χ2v) is 8.28. The molecule has 1 amide bonds. The Balaban J connectivity index is 1.78. The first-order valence-corrected chi connectivity index (χ1v) is 10.4. The standard InChI is InChI=1S/C19H22N2O5S/c1-27(24,25)20-16-9-7-15(8-10-16)19(23)17-12-26-13-18(22)21(17)11-14-5-3-2-4-6-14/h2-10,17,19-20,23H,11-13H2,1H3/t17-,19-/m1/s1. The molecule has 1 heterocycles. The first-order valence-electron chi connectivity index (χ1n) is 8.50. The molecule has 144 valence electrons. The van der Waals surface area contributed by atoms with Gasteiger partial charge in [-0.2, -0.15) is 0 Å². The summed E-state index contributed by atoms with van der Waals surface area (Å²) in [5.41, 5.74) is 1.96. The van der Waals surface area contributed by atoms with Gasteiger partial charge in [0.15, 0.2) is 0 Å². The van der Waals surface area contributed by atoms with Crippen LogP contribution in [0.1, 0.15) is 17.2 Å². The molecule has 2 atom stereocenters. The van der Waals surface area contributed by atoms with Gasteiger partial charge in [0.25, 0.3) is 0 Å². The number of morpholine rings is 1. The van der Waals surface area contributed by atoms with Crippen LogP contribution in [-0.4, -0.2) is 49.8 Å². The third-order valence-corrected chi connectivity index (χ3v) is 4.96. The van der Waals surface area contributed by atoms with Crippen LogP contribution in [0.3, 0.4) is 0 Å². The zero-order chi connectivity index (χ0) is 19.4. The highest BCUT2D eigenvalue weighted by Gasteiger charge is 2.34. The zero-order valence-electron chi connectivity index (χ0n) is 14.9. The lowest BCUT2D eigenvalue weighted by Crippen LogP contribution is -2.51. The smallest absolute Gasteiger partial charge is 0.249 e. The van der Waals surface area contributed by atoms with Crippen LogP contribution < -0.4 is 4.72 Å². The molecular weight excluding hydrogens is 368 g/mol. The van der Waals surface area contributed by atoms with Gasteiger partial charge in [-0.05, 0) is 23.3 Å². The Bertz CT molecular complexity index is 884. The van der Waals surface area contributed by atoms with E-state index in [1.54, 1.807) is 29.2 Å². The van der Waals surface area contributed by atoms with Gasteiger partial charge < -0.3 is 14.7 Å². The van der Waals surface area contributed by atoms with Gasteiger partial charge in [0.2, 0.25) is 15.9 Å². The maximum atomic E-state index is 12.4. The van der Waals surface area contributed by atoms with E-state index in [1.807, 2.05) is 30.3 Å². The maximum Gasteiger partial charge on any atom is 0.249 e. The van der Waals surface area contributed by atoms with E-state index in [-0.39, 0.29) is 19.1 Å². The van der Waals surface area contributed by atoms with Gasteiger partial charge in [-0.1, -0.05) is 42.5 Å². The minimum atomic E-state index is -3.37. The van der Waals surface area contributed by atoms with Crippen LogP contribution in [0.2, 0.25) is 0 Å². The summed E-state index contributed by atoms with van der Waals surface area (Å²) in [4.78, 5) is 14.0. The first-order chi connectivity index (χ1) is 12.8. The second-order valence-electron chi connectivity index (χ2n) is 6.53. The fourth-order valence-corrected chi connectivity index (χ4v) is 3.62. The molecule has 8 heteroatoms. The van der Waals surface area contributed by atoms with Gasteiger partial charge in [-0.15, -0.1) is 0 Å². The number of nitrogens with one attached hydrogen (secondary N) is 1. The van der Waals surface area contributed by atoms with Crippen LogP contribution >= 0.6 is 0 Å². The van der Waals surface area contributed by atoms with Crippen molar-refractivity contribution in [2.45, 2.75) is 18.7 Å². The van der Waals surface area contributed by atoms with Crippen LogP contribution in [0.25, 0.3) is 0 Å². The number of sulfonamides is 1. The van der Waals surface area contributed by atoms with Gasteiger partial charge in [0.05, 0.1) is 18.9 Å². The van der Waals surface area contributed by atoms with Crippen LogP contribution in [0.15, 0.2) is 54.6 Å². The van der Waals surface area contributed by atoms with Crippen molar-refractivity contribution < 1.29 is 23.1 Å². The lowest BCUT2D eigenvalue weighted by atomic mass is 9.99. The summed E-state index contributed by atoms with van der Waals surface area (Å²) in [6.45, 7) is 0.606. The summed E-state index contributed by atoms with van der Waals surface area (Å²) in [7, 11) is -3.37. The highest BCUT2D eigenvalue weighted by atomic mass is 32.2. The Morgan fingerprint density at radius 3 is 2.48 bits per heavy atom. The molecule has 0 spiro atoms. The number of amides is 1. The van der Waals surface area contributed by atoms with Gasteiger partial charge in [0, 0.05) is 12.2 Å². The van der Waals surface area contributed by atoms with Crippen molar-refractivity contribution in [2.75, 3.05) is 24.2 Å². The van der Waals surface area contributed by atoms with Crippen molar-refractivity contribution in [3.63, 3.8) is 0 Å². The molecule has 0 aliphatic carbocycles. The van der Waals surface area contributed by atoms with E-state index >= 15 is 0 Å². The summed E-state index contributed by atoms with van der Waals surface area (Å²) in [5, 5.41) is 10.8. The number of aliphatic hydroxyl groups excluding tert-OH is 1. The number of anilines is 1. The number of hydrogen-bond acceptors (Lipinski definition) is 5. The molecule has 2 aromatic carbocycles. The molecule has 0 aromatic heterocycles. The van der Waals surface area contributed by atoms with Crippen LogP contribution in [0, 0.1) is 0 Å². The van der Waals surface area contributed by atoms with Crippen molar-refractivity contribution in [1.29, 1.82) is 0 Å². The molecular formula is C19H22N2O5S. The number of aliphatic hydroxyl groups is 1. The summed E-state index contributed by atoms with van der Waals surface area (Å²) in [6.07, 6.45) is 0.118. The Morgan fingerprint density at radius 2 is 1.85 bits per heavy atom. The highest BCUT2D eigenvalue weighted by Crippen LogP contribution is 2.26. The number of rotatable bonds is 6. The fourth-order valence-electron chi connectivity index (χ4n) is 3.06. The number of hydrogen-bond donors (Lipinski definition) is 2. The van der Waals surface area contributed by atoms with Gasteiger partial charge >= 0.3 is 0 Å².